The third kappa shape index (κ3) is 1.48. The van der Waals surface area contributed by atoms with E-state index in [2.05, 4.69) is 12.6 Å². The highest BCUT2D eigenvalue weighted by atomic mass is 32.1. The third-order valence-electron chi connectivity index (χ3n) is 1.54. The minimum atomic E-state index is -0.312. The molecule has 60 valence electrons. The lowest BCUT2D eigenvalue weighted by Gasteiger charge is -2.05. The average Bonchev–Trinajstić information content (AvgIpc) is 2.01. The lowest BCUT2D eigenvalue weighted by Crippen LogP contribution is -1.91. The van der Waals surface area contributed by atoms with Crippen molar-refractivity contribution in [1.82, 2.24) is 0 Å². The molecule has 0 spiro atoms. The molecule has 1 nitrogen and oxygen atoms in total. The Labute approximate surface area is 70.6 Å². The molecule has 0 saturated carbocycles. The number of benzene rings is 1. The second-order valence-electron chi connectivity index (χ2n) is 2.23. The van der Waals surface area contributed by atoms with E-state index in [0.717, 1.165) is 0 Å². The van der Waals surface area contributed by atoms with Crippen LogP contribution in [0.25, 0.3) is 0 Å². The van der Waals surface area contributed by atoms with Crippen molar-refractivity contribution in [2.24, 2.45) is 0 Å². The van der Waals surface area contributed by atoms with Crippen LogP contribution in [0, 0.1) is 12.7 Å². The van der Waals surface area contributed by atoms with Gasteiger partial charge in [-0.3, -0.25) is 0 Å². The smallest absolute Gasteiger partial charge is 0.143 e. The van der Waals surface area contributed by atoms with Crippen molar-refractivity contribution < 1.29 is 9.13 Å². The second kappa shape index (κ2) is 3.13. The summed E-state index contributed by atoms with van der Waals surface area (Å²) in [5, 5.41) is 0. The summed E-state index contributed by atoms with van der Waals surface area (Å²) in [6.45, 7) is 1.66. The number of ether oxygens (including phenoxy) is 1. The molecule has 0 radical (unpaired) electrons. The van der Waals surface area contributed by atoms with Gasteiger partial charge in [0.25, 0.3) is 0 Å². The Morgan fingerprint density at radius 1 is 1.45 bits per heavy atom. The van der Waals surface area contributed by atoms with Crippen LogP contribution >= 0.6 is 12.6 Å². The van der Waals surface area contributed by atoms with Crippen molar-refractivity contribution in [2.75, 3.05) is 7.11 Å². The highest BCUT2D eigenvalue weighted by molar-refractivity contribution is 7.80. The number of hydrogen-bond acceptors (Lipinski definition) is 2. The Balaban J connectivity index is 3.25. The molecule has 0 N–H and O–H groups in total. The summed E-state index contributed by atoms with van der Waals surface area (Å²) >= 11 is 3.92. The minimum absolute atomic E-state index is 0.312. The molecule has 3 heteroatoms. The molecule has 0 aliphatic rings. The molecule has 0 bridgehead atoms. The van der Waals surface area contributed by atoms with Crippen LogP contribution in [0.2, 0.25) is 0 Å². The SMILES string of the molecule is COc1ccc(S)c(F)c1C. The molecule has 1 aromatic rings. The molecular weight excluding hydrogens is 163 g/mol. The second-order valence-corrected chi connectivity index (χ2v) is 2.71. The topological polar surface area (TPSA) is 9.23 Å². The summed E-state index contributed by atoms with van der Waals surface area (Å²) in [5.41, 5.74) is 0.500. The summed E-state index contributed by atoms with van der Waals surface area (Å²) < 4.78 is 17.9. The van der Waals surface area contributed by atoms with Gasteiger partial charge in [0.05, 0.1) is 7.11 Å². The number of halogens is 1. The zero-order valence-electron chi connectivity index (χ0n) is 6.39. The van der Waals surface area contributed by atoms with Gasteiger partial charge in [-0.1, -0.05) is 0 Å². The maximum atomic E-state index is 13.0. The van der Waals surface area contributed by atoms with E-state index in [1.807, 2.05) is 0 Å². The Kier molecular flexibility index (Phi) is 2.39. The normalized spacial score (nSPS) is 9.82. The summed E-state index contributed by atoms with van der Waals surface area (Å²) in [7, 11) is 1.51. The first kappa shape index (κ1) is 8.40. The predicted molar refractivity (Wildman–Crippen MR) is 44.9 cm³/mol. The van der Waals surface area contributed by atoms with Gasteiger partial charge < -0.3 is 4.74 Å². The van der Waals surface area contributed by atoms with Crippen molar-refractivity contribution in [3.63, 3.8) is 0 Å². The monoisotopic (exact) mass is 172 g/mol. The zero-order valence-corrected chi connectivity index (χ0v) is 7.28. The Bertz CT molecular complexity index is 273. The Morgan fingerprint density at radius 2 is 2.09 bits per heavy atom. The first-order chi connectivity index (χ1) is 5.16. The third-order valence-corrected chi connectivity index (χ3v) is 1.88. The molecule has 1 rings (SSSR count). The van der Waals surface area contributed by atoms with E-state index >= 15 is 0 Å². The molecule has 0 heterocycles. The lowest BCUT2D eigenvalue weighted by atomic mass is 10.2. The first-order valence-electron chi connectivity index (χ1n) is 3.19. The molecule has 0 fully saturated rings. The van der Waals surface area contributed by atoms with E-state index in [4.69, 9.17) is 4.74 Å². The molecule has 0 saturated heterocycles. The van der Waals surface area contributed by atoms with Crippen molar-refractivity contribution in [2.45, 2.75) is 11.8 Å². The van der Waals surface area contributed by atoms with E-state index in [1.165, 1.54) is 7.11 Å². The van der Waals surface area contributed by atoms with Crippen LogP contribution in [-0.4, -0.2) is 7.11 Å². The summed E-state index contributed by atoms with van der Waals surface area (Å²) in [5.74, 6) is 0.244. The van der Waals surface area contributed by atoms with Crippen molar-refractivity contribution in [1.29, 1.82) is 0 Å². The summed E-state index contributed by atoms with van der Waals surface area (Å²) in [4.78, 5) is 0.350. The fourth-order valence-corrected chi connectivity index (χ4v) is 1.12. The number of hydrogen-bond donors (Lipinski definition) is 1. The number of thiol groups is 1. The van der Waals surface area contributed by atoms with Crippen LogP contribution in [0.5, 0.6) is 5.75 Å². The van der Waals surface area contributed by atoms with E-state index in [0.29, 0.717) is 16.2 Å². The van der Waals surface area contributed by atoms with E-state index < -0.39 is 0 Å². The van der Waals surface area contributed by atoms with E-state index in [-0.39, 0.29) is 5.82 Å². The summed E-state index contributed by atoms with van der Waals surface area (Å²) in [6.07, 6.45) is 0. The Hall–Kier alpha value is -0.700. The molecule has 1 aromatic carbocycles. The molecular formula is C8H9FOS. The zero-order chi connectivity index (χ0) is 8.43. The van der Waals surface area contributed by atoms with Gasteiger partial charge in [0.15, 0.2) is 0 Å². The van der Waals surface area contributed by atoms with Crippen LogP contribution in [0.1, 0.15) is 5.56 Å². The van der Waals surface area contributed by atoms with Gasteiger partial charge in [-0.25, -0.2) is 4.39 Å². The number of rotatable bonds is 1. The van der Waals surface area contributed by atoms with Gasteiger partial charge in [-0.15, -0.1) is 12.6 Å². The molecule has 0 aliphatic carbocycles. The predicted octanol–water partition coefficient (Wildman–Crippen LogP) is 2.43. The largest absolute Gasteiger partial charge is 0.496 e. The van der Waals surface area contributed by atoms with Gasteiger partial charge in [0.2, 0.25) is 0 Å². The molecule has 0 aromatic heterocycles. The first-order valence-corrected chi connectivity index (χ1v) is 3.63. The quantitative estimate of drug-likeness (QED) is 0.640. The fourth-order valence-electron chi connectivity index (χ4n) is 0.874. The highest BCUT2D eigenvalue weighted by Gasteiger charge is 2.06. The van der Waals surface area contributed by atoms with E-state index in [9.17, 15) is 4.39 Å². The van der Waals surface area contributed by atoms with Gasteiger partial charge >= 0.3 is 0 Å². The highest BCUT2D eigenvalue weighted by Crippen LogP contribution is 2.24. The lowest BCUT2D eigenvalue weighted by molar-refractivity contribution is 0.405. The summed E-state index contributed by atoms with van der Waals surface area (Å²) in [6, 6.07) is 3.27. The fraction of sp³-hybridized carbons (Fsp3) is 0.250. The van der Waals surface area contributed by atoms with Crippen LogP contribution in [0.15, 0.2) is 17.0 Å². The van der Waals surface area contributed by atoms with Crippen LogP contribution in [0.4, 0.5) is 4.39 Å². The number of methoxy groups -OCH3 is 1. The maximum Gasteiger partial charge on any atom is 0.143 e. The molecule has 0 unspecified atom stereocenters. The maximum absolute atomic E-state index is 13.0. The van der Waals surface area contributed by atoms with Crippen LogP contribution in [0.3, 0.4) is 0 Å². The molecule has 0 amide bonds. The van der Waals surface area contributed by atoms with Gasteiger partial charge in [-0.2, -0.15) is 0 Å². The van der Waals surface area contributed by atoms with Crippen molar-refractivity contribution in [3.8, 4) is 5.75 Å². The van der Waals surface area contributed by atoms with Gasteiger partial charge in [0, 0.05) is 10.5 Å². The molecule has 0 atom stereocenters. The van der Waals surface area contributed by atoms with Gasteiger partial charge in [-0.05, 0) is 19.1 Å². The molecule has 0 aliphatic heterocycles. The van der Waals surface area contributed by atoms with E-state index in [1.54, 1.807) is 19.1 Å². The Morgan fingerprint density at radius 3 is 2.64 bits per heavy atom. The average molecular weight is 172 g/mol. The van der Waals surface area contributed by atoms with Crippen molar-refractivity contribution in [3.05, 3.63) is 23.5 Å². The standard InChI is InChI=1S/C8H9FOS/c1-5-6(10-2)3-4-7(11)8(5)9/h3-4,11H,1-2H3. The van der Waals surface area contributed by atoms with Crippen LogP contribution in [-0.2, 0) is 0 Å². The van der Waals surface area contributed by atoms with Crippen molar-refractivity contribution >= 4 is 12.6 Å². The molecule has 11 heavy (non-hydrogen) atoms. The van der Waals surface area contributed by atoms with Gasteiger partial charge in [0.1, 0.15) is 11.6 Å². The van der Waals surface area contributed by atoms with Crippen LogP contribution < -0.4 is 4.74 Å². The minimum Gasteiger partial charge on any atom is -0.496 e.